The van der Waals surface area contributed by atoms with Crippen molar-refractivity contribution in [1.29, 1.82) is 0 Å². The number of carbonyl (C=O) groups is 3. The third kappa shape index (κ3) is 7.99. The molecule has 1 atom stereocenters. The Kier molecular flexibility index (Phi) is 9.84. The van der Waals surface area contributed by atoms with Gasteiger partial charge in [-0.1, -0.05) is 72.9 Å². The van der Waals surface area contributed by atoms with E-state index in [1.807, 2.05) is 62.4 Å². The van der Waals surface area contributed by atoms with E-state index in [1.165, 1.54) is 6.42 Å². The van der Waals surface area contributed by atoms with E-state index in [9.17, 15) is 14.4 Å². The highest BCUT2D eigenvalue weighted by Gasteiger charge is 2.33. The minimum Gasteiger partial charge on any atom is -0.351 e. The average Bonchev–Trinajstić information content (AvgIpc) is 2.94. The van der Waals surface area contributed by atoms with E-state index in [0.29, 0.717) is 17.9 Å². The number of hydrogen-bond donors (Lipinski definition) is 2. The van der Waals surface area contributed by atoms with E-state index in [4.69, 9.17) is 0 Å². The zero-order valence-electron chi connectivity index (χ0n) is 22.9. The standard InChI is InChI=1S/C32H38N4O3/c1-23-14-18-25(19-15-23)31(32(39)34-26-9-4-3-5-10-26)36(27-20-16-24(2)17-21-27)30(38)13-8-12-29(37)35-28-11-6-7-22-33-28/h6-7,11,14-22,26,31H,3-5,8-10,12-13H2,1-2H3,(H,34,39)(H,33,35,37). The lowest BCUT2D eigenvalue weighted by Gasteiger charge is -2.33. The van der Waals surface area contributed by atoms with E-state index >= 15 is 0 Å². The van der Waals surface area contributed by atoms with E-state index in [2.05, 4.69) is 15.6 Å². The van der Waals surface area contributed by atoms with Crippen LogP contribution in [0.3, 0.4) is 0 Å². The van der Waals surface area contributed by atoms with Crippen molar-refractivity contribution in [1.82, 2.24) is 10.3 Å². The number of nitrogens with zero attached hydrogens (tertiary/aromatic N) is 2. The second-order valence-electron chi connectivity index (χ2n) is 10.4. The Labute approximate surface area is 231 Å². The van der Waals surface area contributed by atoms with Crippen LogP contribution in [0.25, 0.3) is 0 Å². The Bertz CT molecular complexity index is 1240. The van der Waals surface area contributed by atoms with Crippen LogP contribution in [0, 0.1) is 13.8 Å². The maximum atomic E-state index is 13.9. The summed E-state index contributed by atoms with van der Waals surface area (Å²) in [5, 5.41) is 6.01. The molecule has 1 aliphatic carbocycles. The molecule has 0 saturated heterocycles. The highest BCUT2D eigenvalue weighted by molar-refractivity contribution is 6.01. The van der Waals surface area contributed by atoms with Crippen molar-refractivity contribution in [3.05, 3.63) is 89.6 Å². The fourth-order valence-electron chi connectivity index (χ4n) is 5.00. The SMILES string of the molecule is Cc1ccc(C(C(=O)NC2CCCCC2)N(C(=O)CCCC(=O)Nc2ccccn2)c2ccc(C)cc2)cc1. The number of rotatable bonds is 10. The van der Waals surface area contributed by atoms with Crippen molar-refractivity contribution in [3.63, 3.8) is 0 Å². The molecular formula is C32H38N4O3. The molecule has 1 heterocycles. The van der Waals surface area contributed by atoms with Gasteiger partial charge in [0.1, 0.15) is 11.9 Å². The van der Waals surface area contributed by atoms with Crippen molar-refractivity contribution in [2.45, 2.75) is 77.3 Å². The van der Waals surface area contributed by atoms with Crippen LogP contribution < -0.4 is 15.5 Å². The summed E-state index contributed by atoms with van der Waals surface area (Å²) in [7, 11) is 0. The number of aromatic nitrogens is 1. The number of anilines is 2. The van der Waals surface area contributed by atoms with E-state index in [-0.39, 0.29) is 36.6 Å². The first-order valence-electron chi connectivity index (χ1n) is 13.9. The normalized spacial score (nSPS) is 14.3. The minimum absolute atomic E-state index is 0.115. The number of benzene rings is 2. The molecule has 4 rings (SSSR count). The fraction of sp³-hybridized carbons (Fsp3) is 0.375. The predicted octanol–water partition coefficient (Wildman–Crippen LogP) is 6.03. The topological polar surface area (TPSA) is 91.4 Å². The molecule has 3 aromatic rings. The van der Waals surface area contributed by atoms with Crippen LogP contribution in [0.1, 0.15) is 74.1 Å². The van der Waals surface area contributed by atoms with Gasteiger partial charge in [-0.25, -0.2) is 4.98 Å². The van der Waals surface area contributed by atoms with Gasteiger partial charge in [-0.05, 0) is 62.9 Å². The van der Waals surface area contributed by atoms with Gasteiger partial charge < -0.3 is 10.6 Å². The van der Waals surface area contributed by atoms with E-state index < -0.39 is 6.04 Å². The van der Waals surface area contributed by atoms with Crippen LogP contribution in [0.4, 0.5) is 11.5 Å². The monoisotopic (exact) mass is 526 g/mol. The molecule has 0 aliphatic heterocycles. The summed E-state index contributed by atoms with van der Waals surface area (Å²) in [6.45, 7) is 3.99. The first-order chi connectivity index (χ1) is 18.9. The summed E-state index contributed by atoms with van der Waals surface area (Å²) in [5.74, 6) is -0.0936. The lowest BCUT2D eigenvalue weighted by Crippen LogP contribution is -2.47. The molecule has 0 radical (unpaired) electrons. The molecule has 2 aromatic carbocycles. The van der Waals surface area contributed by atoms with Crippen LogP contribution >= 0.6 is 0 Å². The Balaban J connectivity index is 1.56. The number of pyridine rings is 1. The largest absolute Gasteiger partial charge is 0.351 e. The van der Waals surface area contributed by atoms with Crippen molar-refractivity contribution < 1.29 is 14.4 Å². The minimum atomic E-state index is -0.815. The van der Waals surface area contributed by atoms with Gasteiger partial charge >= 0.3 is 0 Å². The van der Waals surface area contributed by atoms with Crippen molar-refractivity contribution in [2.24, 2.45) is 0 Å². The second kappa shape index (κ2) is 13.7. The zero-order valence-corrected chi connectivity index (χ0v) is 22.9. The zero-order chi connectivity index (χ0) is 27.6. The molecule has 7 nitrogen and oxygen atoms in total. The maximum absolute atomic E-state index is 13.9. The molecule has 204 valence electrons. The van der Waals surface area contributed by atoms with Crippen LogP contribution in [0.5, 0.6) is 0 Å². The summed E-state index contributed by atoms with van der Waals surface area (Å²) in [6.07, 6.45) is 7.56. The quantitative estimate of drug-likeness (QED) is 0.337. The fourth-order valence-corrected chi connectivity index (χ4v) is 5.00. The Hall–Kier alpha value is -4.00. The van der Waals surface area contributed by atoms with Gasteiger partial charge in [0.2, 0.25) is 17.7 Å². The summed E-state index contributed by atoms with van der Waals surface area (Å²) in [5.41, 5.74) is 3.57. The highest BCUT2D eigenvalue weighted by atomic mass is 16.2. The second-order valence-corrected chi connectivity index (χ2v) is 10.4. The molecule has 0 spiro atoms. The summed E-state index contributed by atoms with van der Waals surface area (Å²) >= 11 is 0. The van der Waals surface area contributed by atoms with Gasteiger partial charge in [-0.2, -0.15) is 0 Å². The number of hydrogen-bond acceptors (Lipinski definition) is 4. The van der Waals surface area contributed by atoms with Crippen molar-refractivity contribution >= 4 is 29.2 Å². The van der Waals surface area contributed by atoms with Crippen LogP contribution in [-0.2, 0) is 14.4 Å². The molecular weight excluding hydrogens is 488 g/mol. The van der Waals surface area contributed by atoms with Crippen LogP contribution in [-0.4, -0.2) is 28.7 Å². The molecule has 1 aromatic heterocycles. The first-order valence-corrected chi connectivity index (χ1v) is 13.9. The number of carbonyl (C=O) groups excluding carboxylic acids is 3. The van der Waals surface area contributed by atoms with Gasteiger partial charge in [0.25, 0.3) is 0 Å². The molecule has 2 N–H and O–H groups in total. The Morgan fingerprint density at radius 2 is 1.54 bits per heavy atom. The molecule has 1 fully saturated rings. The van der Waals surface area contributed by atoms with Gasteiger partial charge in [-0.3, -0.25) is 19.3 Å². The average molecular weight is 527 g/mol. The lowest BCUT2D eigenvalue weighted by molar-refractivity contribution is -0.127. The van der Waals surface area contributed by atoms with Gasteiger partial charge in [0.05, 0.1) is 0 Å². The van der Waals surface area contributed by atoms with Gasteiger partial charge in [-0.15, -0.1) is 0 Å². The van der Waals surface area contributed by atoms with Crippen LogP contribution in [0.2, 0.25) is 0 Å². The Morgan fingerprint density at radius 3 is 2.18 bits per heavy atom. The van der Waals surface area contributed by atoms with Gasteiger partial charge in [0.15, 0.2) is 0 Å². The first kappa shape index (κ1) is 28.0. The summed E-state index contributed by atoms with van der Waals surface area (Å²) in [6, 6.07) is 20.1. The third-order valence-electron chi connectivity index (χ3n) is 7.16. The summed E-state index contributed by atoms with van der Waals surface area (Å²) < 4.78 is 0. The molecule has 7 heteroatoms. The van der Waals surface area contributed by atoms with Crippen LogP contribution in [0.15, 0.2) is 72.9 Å². The van der Waals surface area contributed by atoms with E-state index in [0.717, 1.165) is 42.4 Å². The van der Waals surface area contributed by atoms with Gasteiger partial charge in [0, 0.05) is 30.8 Å². The highest BCUT2D eigenvalue weighted by Crippen LogP contribution is 2.30. The number of amides is 3. The third-order valence-corrected chi connectivity index (χ3v) is 7.16. The smallest absolute Gasteiger partial charge is 0.248 e. The molecule has 0 bridgehead atoms. The maximum Gasteiger partial charge on any atom is 0.248 e. The number of aryl methyl sites for hydroxylation is 2. The summed E-state index contributed by atoms with van der Waals surface area (Å²) in [4.78, 5) is 45.9. The molecule has 1 aliphatic rings. The van der Waals surface area contributed by atoms with Crippen molar-refractivity contribution in [2.75, 3.05) is 10.2 Å². The van der Waals surface area contributed by atoms with E-state index in [1.54, 1.807) is 29.3 Å². The Morgan fingerprint density at radius 1 is 0.872 bits per heavy atom. The molecule has 1 saturated carbocycles. The lowest BCUT2D eigenvalue weighted by atomic mass is 9.94. The number of nitrogens with one attached hydrogen (secondary N) is 2. The molecule has 39 heavy (non-hydrogen) atoms. The molecule has 1 unspecified atom stereocenters. The van der Waals surface area contributed by atoms with Crippen molar-refractivity contribution in [3.8, 4) is 0 Å². The predicted molar refractivity (Wildman–Crippen MR) is 154 cm³/mol. The molecule has 3 amide bonds.